The molecule has 112 valence electrons. The molecule has 6 heteroatoms. The summed E-state index contributed by atoms with van der Waals surface area (Å²) in [5, 5.41) is 2.90. The zero-order valence-electron chi connectivity index (χ0n) is 11.3. The van der Waals surface area contributed by atoms with Crippen LogP contribution in [0.2, 0.25) is 0 Å². The largest absolute Gasteiger partial charge is 0.416 e. The van der Waals surface area contributed by atoms with Crippen molar-refractivity contribution in [2.24, 2.45) is 0 Å². The summed E-state index contributed by atoms with van der Waals surface area (Å²) in [6.45, 7) is 4.80. The zero-order chi connectivity index (χ0) is 14.8. The first-order valence-corrected chi connectivity index (χ1v) is 6.75. The van der Waals surface area contributed by atoms with Crippen LogP contribution >= 0.6 is 0 Å². The van der Waals surface area contributed by atoms with E-state index in [1.807, 2.05) is 0 Å². The summed E-state index contributed by atoms with van der Waals surface area (Å²) in [5.41, 5.74) is -0.887. The van der Waals surface area contributed by atoms with Gasteiger partial charge in [0, 0.05) is 19.1 Å². The zero-order valence-corrected chi connectivity index (χ0v) is 11.3. The first kappa shape index (κ1) is 15.1. The molecule has 1 N–H and O–H groups in total. The molecule has 0 amide bonds. The average molecular weight is 290 g/mol. The summed E-state index contributed by atoms with van der Waals surface area (Å²) in [6.07, 6.45) is -2.83. The summed E-state index contributed by atoms with van der Waals surface area (Å²) >= 11 is 0. The van der Waals surface area contributed by atoms with E-state index in [1.165, 1.54) is 0 Å². The van der Waals surface area contributed by atoms with Crippen LogP contribution in [0, 0.1) is 5.82 Å². The predicted octanol–water partition coefficient (Wildman–Crippen LogP) is 3.74. The standard InChI is InChI=1S/C14H18F4N2/c1-2-20-7-5-11(6-8-20)19-13-9-10(14(16,17)18)3-4-12(13)15/h3-4,9,11,19H,2,5-8H2,1H3. The van der Waals surface area contributed by atoms with E-state index in [-0.39, 0.29) is 11.7 Å². The minimum Gasteiger partial charge on any atom is -0.380 e. The monoisotopic (exact) mass is 290 g/mol. The molecule has 0 atom stereocenters. The molecule has 2 nitrogen and oxygen atoms in total. The minimum absolute atomic E-state index is 0.0239. The van der Waals surface area contributed by atoms with Gasteiger partial charge in [0.25, 0.3) is 0 Å². The van der Waals surface area contributed by atoms with Gasteiger partial charge in [0.15, 0.2) is 0 Å². The van der Waals surface area contributed by atoms with Crippen molar-refractivity contribution in [2.75, 3.05) is 25.0 Å². The van der Waals surface area contributed by atoms with Crippen molar-refractivity contribution in [3.05, 3.63) is 29.6 Å². The van der Waals surface area contributed by atoms with Crippen LogP contribution in [0.4, 0.5) is 23.2 Å². The lowest BCUT2D eigenvalue weighted by Gasteiger charge is -2.32. The lowest BCUT2D eigenvalue weighted by Crippen LogP contribution is -2.39. The average Bonchev–Trinajstić information content (AvgIpc) is 2.41. The van der Waals surface area contributed by atoms with E-state index in [4.69, 9.17) is 0 Å². The molecule has 1 aliphatic heterocycles. The molecular formula is C14H18F4N2. The fraction of sp³-hybridized carbons (Fsp3) is 0.571. The first-order chi connectivity index (χ1) is 9.40. The van der Waals surface area contributed by atoms with Crippen molar-refractivity contribution in [1.29, 1.82) is 0 Å². The lowest BCUT2D eigenvalue weighted by atomic mass is 10.0. The highest BCUT2D eigenvalue weighted by Gasteiger charge is 2.31. The van der Waals surface area contributed by atoms with Gasteiger partial charge in [0.05, 0.1) is 11.3 Å². The first-order valence-electron chi connectivity index (χ1n) is 6.75. The van der Waals surface area contributed by atoms with Gasteiger partial charge in [-0.3, -0.25) is 0 Å². The highest BCUT2D eigenvalue weighted by atomic mass is 19.4. The van der Waals surface area contributed by atoms with Gasteiger partial charge < -0.3 is 10.2 Å². The molecule has 1 heterocycles. The van der Waals surface area contributed by atoms with Crippen molar-refractivity contribution in [1.82, 2.24) is 4.90 Å². The summed E-state index contributed by atoms with van der Waals surface area (Å²) < 4.78 is 51.5. The van der Waals surface area contributed by atoms with Gasteiger partial charge in [0.2, 0.25) is 0 Å². The third-order valence-corrected chi connectivity index (χ3v) is 3.69. The molecule has 1 aliphatic rings. The molecule has 0 aliphatic carbocycles. The van der Waals surface area contributed by atoms with Crippen LogP contribution in [0.25, 0.3) is 0 Å². The minimum atomic E-state index is -4.45. The summed E-state index contributed by atoms with van der Waals surface area (Å²) in [7, 11) is 0. The van der Waals surface area contributed by atoms with Crippen LogP contribution < -0.4 is 5.32 Å². The highest BCUT2D eigenvalue weighted by Crippen LogP contribution is 2.32. The number of nitrogens with one attached hydrogen (secondary N) is 1. The maximum Gasteiger partial charge on any atom is 0.416 e. The number of halogens is 4. The van der Waals surface area contributed by atoms with E-state index in [9.17, 15) is 17.6 Å². The van der Waals surface area contributed by atoms with Crippen LogP contribution in [0.1, 0.15) is 25.3 Å². The molecule has 0 bridgehead atoms. The summed E-state index contributed by atoms with van der Waals surface area (Å²) in [4.78, 5) is 2.26. The van der Waals surface area contributed by atoms with Crippen LogP contribution in [-0.4, -0.2) is 30.6 Å². The van der Waals surface area contributed by atoms with Crippen molar-refractivity contribution in [3.8, 4) is 0 Å². The molecule has 1 fully saturated rings. The highest BCUT2D eigenvalue weighted by molar-refractivity contribution is 5.48. The molecular weight excluding hydrogens is 272 g/mol. The van der Waals surface area contributed by atoms with Crippen LogP contribution in [-0.2, 0) is 6.18 Å². The fourth-order valence-corrected chi connectivity index (χ4v) is 2.43. The maximum atomic E-state index is 13.6. The number of alkyl halides is 3. The smallest absolute Gasteiger partial charge is 0.380 e. The van der Waals surface area contributed by atoms with Gasteiger partial charge >= 0.3 is 6.18 Å². The van der Waals surface area contributed by atoms with Gasteiger partial charge in [-0.1, -0.05) is 6.92 Å². The quantitative estimate of drug-likeness (QED) is 0.853. The van der Waals surface area contributed by atoms with E-state index in [1.54, 1.807) is 0 Å². The second-order valence-electron chi connectivity index (χ2n) is 5.05. The predicted molar refractivity (Wildman–Crippen MR) is 70.2 cm³/mol. The Morgan fingerprint density at radius 1 is 1.25 bits per heavy atom. The second kappa shape index (κ2) is 5.99. The second-order valence-corrected chi connectivity index (χ2v) is 5.05. The Balaban J connectivity index is 2.06. The number of likely N-dealkylation sites (tertiary alicyclic amines) is 1. The molecule has 2 rings (SSSR count). The number of rotatable bonds is 3. The Labute approximate surface area is 115 Å². The normalized spacial score (nSPS) is 18.2. The van der Waals surface area contributed by atoms with E-state index in [0.717, 1.165) is 50.7 Å². The molecule has 0 saturated carbocycles. The molecule has 1 aromatic rings. The maximum absolute atomic E-state index is 13.6. The topological polar surface area (TPSA) is 15.3 Å². The van der Waals surface area contributed by atoms with Crippen molar-refractivity contribution < 1.29 is 17.6 Å². The number of piperidine rings is 1. The van der Waals surface area contributed by atoms with Gasteiger partial charge in [-0.25, -0.2) is 4.39 Å². The van der Waals surface area contributed by atoms with E-state index in [2.05, 4.69) is 17.1 Å². The van der Waals surface area contributed by atoms with Gasteiger partial charge in [-0.15, -0.1) is 0 Å². The number of benzene rings is 1. The number of nitrogens with zero attached hydrogens (tertiary/aromatic N) is 1. The van der Waals surface area contributed by atoms with Crippen molar-refractivity contribution in [3.63, 3.8) is 0 Å². The molecule has 0 radical (unpaired) electrons. The number of hydrogen-bond acceptors (Lipinski definition) is 2. The fourth-order valence-electron chi connectivity index (χ4n) is 2.43. The molecule has 1 aromatic carbocycles. The molecule has 0 aromatic heterocycles. The van der Waals surface area contributed by atoms with Crippen molar-refractivity contribution in [2.45, 2.75) is 32.0 Å². The lowest BCUT2D eigenvalue weighted by molar-refractivity contribution is -0.137. The van der Waals surface area contributed by atoms with E-state index in [0.29, 0.717) is 0 Å². The number of anilines is 1. The Morgan fingerprint density at radius 2 is 1.90 bits per heavy atom. The SMILES string of the molecule is CCN1CCC(Nc2cc(C(F)(F)F)ccc2F)CC1. The van der Waals surface area contributed by atoms with Crippen LogP contribution in [0.15, 0.2) is 18.2 Å². The Hall–Kier alpha value is -1.30. The van der Waals surface area contributed by atoms with Gasteiger partial charge in [-0.2, -0.15) is 13.2 Å². The van der Waals surface area contributed by atoms with E-state index >= 15 is 0 Å². The van der Waals surface area contributed by atoms with Crippen LogP contribution in [0.3, 0.4) is 0 Å². The molecule has 0 spiro atoms. The van der Waals surface area contributed by atoms with Gasteiger partial charge in [0.1, 0.15) is 5.82 Å². The summed E-state index contributed by atoms with van der Waals surface area (Å²) in [6, 6.07) is 2.50. The Morgan fingerprint density at radius 3 is 2.45 bits per heavy atom. The Bertz CT molecular complexity index is 451. The molecule has 1 saturated heterocycles. The van der Waals surface area contributed by atoms with Gasteiger partial charge in [-0.05, 0) is 37.6 Å². The Kier molecular flexibility index (Phi) is 4.52. The van der Waals surface area contributed by atoms with Crippen LogP contribution in [0.5, 0.6) is 0 Å². The third kappa shape index (κ3) is 3.62. The number of hydrogen-bond donors (Lipinski definition) is 1. The van der Waals surface area contributed by atoms with E-state index < -0.39 is 17.6 Å². The summed E-state index contributed by atoms with van der Waals surface area (Å²) in [5.74, 6) is -0.643. The third-order valence-electron chi connectivity index (χ3n) is 3.69. The van der Waals surface area contributed by atoms with Crippen molar-refractivity contribution >= 4 is 5.69 Å². The molecule has 0 unspecified atom stereocenters. The molecule has 20 heavy (non-hydrogen) atoms.